The highest BCUT2D eigenvalue weighted by Gasteiger charge is 2.31. The lowest BCUT2D eigenvalue weighted by atomic mass is 10.0. The zero-order valence-corrected chi connectivity index (χ0v) is 11.0. The fourth-order valence-electron chi connectivity index (χ4n) is 2.43. The van der Waals surface area contributed by atoms with Crippen LogP contribution in [0.4, 0.5) is 0 Å². The van der Waals surface area contributed by atoms with Crippen LogP contribution in [0.2, 0.25) is 5.15 Å². The molecule has 0 saturated carbocycles. The van der Waals surface area contributed by atoms with E-state index in [-0.39, 0.29) is 12.0 Å². The fraction of sp³-hybridized carbons (Fsp3) is 0.667. The summed E-state index contributed by atoms with van der Waals surface area (Å²) in [5.41, 5.74) is 0.983. The topological polar surface area (TPSA) is 44.1 Å². The van der Waals surface area contributed by atoms with Gasteiger partial charge in [-0.1, -0.05) is 18.5 Å². The van der Waals surface area contributed by atoms with E-state index in [2.05, 4.69) is 11.9 Å². The molecule has 0 fully saturated rings. The van der Waals surface area contributed by atoms with Gasteiger partial charge in [0, 0.05) is 6.42 Å². The van der Waals surface area contributed by atoms with E-state index in [0.717, 1.165) is 43.6 Å². The minimum atomic E-state index is -0.245. The Morgan fingerprint density at radius 3 is 3.06 bits per heavy atom. The molecule has 0 saturated heterocycles. The van der Waals surface area contributed by atoms with E-state index in [4.69, 9.17) is 16.3 Å². The van der Waals surface area contributed by atoms with Crippen molar-refractivity contribution in [2.45, 2.75) is 45.1 Å². The SMILES string of the molecule is CCCc1nc(Cl)c2n1C(C(=O)OC)CCC2. The number of hydrogen-bond donors (Lipinski definition) is 0. The number of halogens is 1. The average molecular weight is 257 g/mol. The smallest absolute Gasteiger partial charge is 0.328 e. The first-order valence-electron chi connectivity index (χ1n) is 6.02. The Kier molecular flexibility index (Phi) is 3.72. The molecule has 0 spiro atoms. The summed E-state index contributed by atoms with van der Waals surface area (Å²) in [4.78, 5) is 16.2. The molecule has 2 heterocycles. The Labute approximate surface area is 106 Å². The number of fused-ring (bicyclic) bond motifs is 1. The van der Waals surface area contributed by atoms with Crippen LogP contribution in [0.5, 0.6) is 0 Å². The zero-order chi connectivity index (χ0) is 12.4. The van der Waals surface area contributed by atoms with E-state index in [0.29, 0.717) is 5.15 Å². The number of methoxy groups -OCH3 is 1. The Morgan fingerprint density at radius 1 is 1.65 bits per heavy atom. The van der Waals surface area contributed by atoms with Crippen LogP contribution in [0.3, 0.4) is 0 Å². The molecule has 0 radical (unpaired) electrons. The third kappa shape index (κ3) is 2.18. The minimum absolute atomic E-state index is 0.197. The van der Waals surface area contributed by atoms with Gasteiger partial charge in [0.1, 0.15) is 11.9 Å². The van der Waals surface area contributed by atoms with Gasteiger partial charge in [0.05, 0.1) is 12.8 Å². The number of carbonyl (C=O) groups is 1. The number of esters is 1. The summed E-state index contributed by atoms with van der Waals surface area (Å²) in [6.07, 6.45) is 4.48. The van der Waals surface area contributed by atoms with E-state index in [9.17, 15) is 4.79 Å². The van der Waals surface area contributed by atoms with Gasteiger partial charge in [0.2, 0.25) is 0 Å². The van der Waals surface area contributed by atoms with Crippen LogP contribution in [-0.4, -0.2) is 22.6 Å². The second-order valence-corrected chi connectivity index (χ2v) is 4.67. The van der Waals surface area contributed by atoms with Gasteiger partial charge < -0.3 is 9.30 Å². The Hall–Kier alpha value is -1.03. The lowest BCUT2D eigenvalue weighted by Crippen LogP contribution is -2.27. The van der Waals surface area contributed by atoms with Crippen molar-refractivity contribution in [1.82, 2.24) is 9.55 Å². The molecule has 1 aliphatic rings. The van der Waals surface area contributed by atoms with E-state index in [1.807, 2.05) is 4.57 Å². The van der Waals surface area contributed by atoms with Crippen molar-refractivity contribution in [3.63, 3.8) is 0 Å². The van der Waals surface area contributed by atoms with E-state index >= 15 is 0 Å². The molecular formula is C12H17ClN2O2. The molecule has 0 bridgehead atoms. The number of aryl methyl sites for hydroxylation is 1. The van der Waals surface area contributed by atoms with Gasteiger partial charge in [-0.15, -0.1) is 0 Å². The molecule has 0 aliphatic carbocycles. The number of ether oxygens (including phenoxy) is 1. The van der Waals surface area contributed by atoms with Gasteiger partial charge in [-0.2, -0.15) is 0 Å². The van der Waals surface area contributed by atoms with Gasteiger partial charge in [-0.05, 0) is 25.7 Å². The number of nitrogens with zero attached hydrogens (tertiary/aromatic N) is 2. The van der Waals surface area contributed by atoms with Crippen LogP contribution < -0.4 is 0 Å². The molecule has 4 nitrogen and oxygen atoms in total. The van der Waals surface area contributed by atoms with Gasteiger partial charge in [-0.25, -0.2) is 9.78 Å². The van der Waals surface area contributed by atoms with Gasteiger partial charge in [-0.3, -0.25) is 0 Å². The number of rotatable bonds is 3. The standard InChI is InChI=1S/C12H17ClN2O2/c1-3-5-10-14-11(13)8-6-4-7-9(15(8)10)12(16)17-2/h9H,3-7H2,1-2H3. The summed E-state index contributed by atoms with van der Waals surface area (Å²) in [5.74, 6) is 0.708. The van der Waals surface area contributed by atoms with Crippen molar-refractivity contribution in [2.75, 3.05) is 7.11 Å². The molecule has 17 heavy (non-hydrogen) atoms. The number of aromatic nitrogens is 2. The number of imidazole rings is 1. The van der Waals surface area contributed by atoms with Crippen molar-refractivity contribution >= 4 is 17.6 Å². The second-order valence-electron chi connectivity index (χ2n) is 4.32. The molecule has 1 aliphatic heterocycles. The average Bonchev–Trinajstić information content (AvgIpc) is 2.66. The zero-order valence-electron chi connectivity index (χ0n) is 10.2. The lowest BCUT2D eigenvalue weighted by molar-refractivity contribution is -0.145. The van der Waals surface area contributed by atoms with Crippen LogP contribution in [0.15, 0.2) is 0 Å². The maximum absolute atomic E-state index is 11.8. The Bertz CT molecular complexity index is 428. The first kappa shape index (κ1) is 12.4. The predicted molar refractivity (Wildman–Crippen MR) is 65.2 cm³/mol. The maximum atomic E-state index is 11.8. The van der Waals surface area contributed by atoms with Gasteiger partial charge in [0.25, 0.3) is 0 Å². The second kappa shape index (κ2) is 5.08. The number of carbonyl (C=O) groups excluding carboxylic acids is 1. The van der Waals surface area contributed by atoms with E-state index in [1.54, 1.807) is 0 Å². The van der Waals surface area contributed by atoms with Crippen LogP contribution in [0.1, 0.15) is 43.7 Å². The van der Waals surface area contributed by atoms with Crippen molar-refractivity contribution in [3.05, 3.63) is 16.7 Å². The summed E-state index contributed by atoms with van der Waals surface area (Å²) in [5, 5.41) is 0.544. The highest BCUT2D eigenvalue weighted by Crippen LogP contribution is 2.32. The predicted octanol–water partition coefficient (Wildman–Crippen LogP) is 2.54. The van der Waals surface area contributed by atoms with E-state index in [1.165, 1.54) is 7.11 Å². The van der Waals surface area contributed by atoms with Crippen molar-refractivity contribution < 1.29 is 9.53 Å². The summed E-state index contributed by atoms with van der Waals surface area (Å²) in [7, 11) is 1.43. The fourth-order valence-corrected chi connectivity index (χ4v) is 2.71. The van der Waals surface area contributed by atoms with Crippen LogP contribution >= 0.6 is 11.6 Å². The Morgan fingerprint density at radius 2 is 2.41 bits per heavy atom. The largest absolute Gasteiger partial charge is 0.467 e. The molecular weight excluding hydrogens is 240 g/mol. The first-order chi connectivity index (χ1) is 8.19. The van der Waals surface area contributed by atoms with Crippen molar-refractivity contribution in [1.29, 1.82) is 0 Å². The third-order valence-electron chi connectivity index (χ3n) is 3.18. The van der Waals surface area contributed by atoms with Gasteiger partial charge in [0.15, 0.2) is 5.15 Å². The maximum Gasteiger partial charge on any atom is 0.328 e. The minimum Gasteiger partial charge on any atom is -0.467 e. The summed E-state index contributed by atoms with van der Waals surface area (Å²) in [6, 6.07) is -0.245. The molecule has 2 rings (SSSR count). The number of hydrogen-bond acceptors (Lipinski definition) is 3. The van der Waals surface area contributed by atoms with Gasteiger partial charge >= 0.3 is 5.97 Å². The third-order valence-corrected chi connectivity index (χ3v) is 3.49. The molecule has 1 atom stereocenters. The first-order valence-corrected chi connectivity index (χ1v) is 6.40. The summed E-state index contributed by atoms with van der Waals surface area (Å²) < 4.78 is 6.85. The molecule has 5 heteroatoms. The van der Waals surface area contributed by atoms with Crippen LogP contribution in [0.25, 0.3) is 0 Å². The quantitative estimate of drug-likeness (QED) is 0.781. The van der Waals surface area contributed by atoms with Crippen molar-refractivity contribution in [2.24, 2.45) is 0 Å². The monoisotopic (exact) mass is 256 g/mol. The highest BCUT2D eigenvalue weighted by atomic mass is 35.5. The lowest BCUT2D eigenvalue weighted by Gasteiger charge is -2.25. The normalized spacial score (nSPS) is 18.9. The summed E-state index contributed by atoms with van der Waals surface area (Å²) >= 11 is 6.13. The molecule has 1 aromatic heterocycles. The molecule has 0 aromatic carbocycles. The molecule has 0 amide bonds. The van der Waals surface area contributed by atoms with Crippen molar-refractivity contribution in [3.8, 4) is 0 Å². The molecule has 1 aromatic rings. The highest BCUT2D eigenvalue weighted by molar-refractivity contribution is 6.30. The van der Waals surface area contributed by atoms with Crippen LogP contribution in [0, 0.1) is 0 Å². The molecule has 1 unspecified atom stereocenters. The Balaban J connectivity index is 2.43. The van der Waals surface area contributed by atoms with Crippen LogP contribution in [-0.2, 0) is 22.4 Å². The molecule has 0 N–H and O–H groups in total. The van der Waals surface area contributed by atoms with E-state index < -0.39 is 0 Å². The summed E-state index contributed by atoms with van der Waals surface area (Å²) in [6.45, 7) is 2.09. The molecule has 94 valence electrons.